The summed E-state index contributed by atoms with van der Waals surface area (Å²) < 4.78 is 45.0. The van der Waals surface area contributed by atoms with E-state index in [9.17, 15) is 18.0 Å². The number of rotatable bonds is 5. The summed E-state index contributed by atoms with van der Waals surface area (Å²) in [6.45, 7) is -0.498. The average molecular weight is 319 g/mol. The molecule has 2 rings (SSSR count). The molecule has 0 unspecified atom stereocenters. The lowest BCUT2D eigenvalue weighted by molar-refractivity contribution is -0.170. The molecule has 8 heteroatoms. The maximum absolute atomic E-state index is 12.7. The van der Waals surface area contributed by atoms with Crippen molar-refractivity contribution >= 4 is 5.91 Å². The van der Waals surface area contributed by atoms with Crippen LogP contribution in [0.15, 0.2) is 12.4 Å². The normalized spacial score (nSPS) is 19.2. The molecule has 0 radical (unpaired) electrons. The first-order valence-electron chi connectivity index (χ1n) is 7.26. The summed E-state index contributed by atoms with van der Waals surface area (Å²) in [5.74, 6) is -0.489. The van der Waals surface area contributed by atoms with Crippen molar-refractivity contribution in [2.75, 3.05) is 19.8 Å². The first kappa shape index (κ1) is 16.8. The number of amides is 1. The predicted octanol–water partition coefficient (Wildman–Crippen LogP) is 1.92. The average Bonchev–Trinajstić information content (AvgIpc) is 2.88. The van der Waals surface area contributed by atoms with Crippen molar-refractivity contribution in [1.82, 2.24) is 14.7 Å². The van der Waals surface area contributed by atoms with Crippen LogP contribution in [-0.2, 0) is 23.0 Å². The summed E-state index contributed by atoms with van der Waals surface area (Å²) in [6.07, 6.45) is 0.619. The van der Waals surface area contributed by atoms with Crippen molar-refractivity contribution in [3.05, 3.63) is 18.0 Å². The minimum Gasteiger partial charge on any atom is -0.379 e. The van der Waals surface area contributed by atoms with Gasteiger partial charge in [-0.25, -0.2) is 0 Å². The van der Waals surface area contributed by atoms with Crippen LogP contribution in [0.1, 0.15) is 24.8 Å². The molecule has 5 nitrogen and oxygen atoms in total. The standard InChI is InChI=1S/C14H20F3N3O2/c1-19-8-11(7-18-19)4-5-13(21)20(10-14(15,16)17)12-3-2-6-22-9-12/h7-8,12H,2-6,9-10H2,1H3/t12-/m0/s1. The fourth-order valence-electron chi connectivity index (χ4n) is 2.58. The van der Waals surface area contributed by atoms with Crippen molar-refractivity contribution in [3.63, 3.8) is 0 Å². The fraction of sp³-hybridized carbons (Fsp3) is 0.714. The van der Waals surface area contributed by atoms with Crippen LogP contribution >= 0.6 is 0 Å². The summed E-state index contributed by atoms with van der Waals surface area (Å²) in [5.41, 5.74) is 0.836. The van der Waals surface area contributed by atoms with Crippen molar-refractivity contribution in [2.24, 2.45) is 7.05 Å². The highest BCUT2D eigenvalue weighted by Crippen LogP contribution is 2.22. The molecule has 1 aliphatic rings. The Labute approximate surface area is 127 Å². The van der Waals surface area contributed by atoms with E-state index < -0.39 is 24.7 Å². The largest absolute Gasteiger partial charge is 0.406 e. The monoisotopic (exact) mass is 319 g/mol. The first-order chi connectivity index (χ1) is 10.3. The van der Waals surface area contributed by atoms with Gasteiger partial charge in [0.15, 0.2) is 0 Å². The van der Waals surface area contributed by atoms with E-state index in [1.165, 1.54) is 0 Å². The summed E-state index contributed by atoms with van der Waals surface area (Å²) in [6, 6.07) is -0.489. The Hall–Kier alpha value is -1.57. The van der Waals surface area contributed by atoms with E-state index in [2.05, 4.69) is 5.10 Å². The molecule has 0 N–H and O–H groups in total. The number of carbonyl (C=O) groups is 1. The van der Waals surface area contributed by atoms with Gasteiger partial charge in [-0.2, -0.15) is 18.3 Å². The van der Waals surface area contributed by atoms with Crippen LogP contribution in [0.25, 0.3) is 0 Å². The smallest absolute Gasteiger partial charge is 0.379 e. The number of aryl methyl sites for hydroxylation is 2. The number of ether oxygens (including phenoxy) is 1. The lowest BCUT2D eigenvalue weighted by atomic mass is 10.1. The number of carbonyl (C=O) groups excluding carboxylic acids is 1. The molecule has 1 aliphatic heterocycles. The summed E-state index contributed by atoms with van der Waals surface area (Å²) >= 11 is 0. The molecule has 1 atom stereocenters. The topological polar surface area (TPSA) is 47.4 Å². The molecule has 1 aromatic heterocycles. The van der Waals surface area contributed by atoms with Gasteiger partial charge in [0.1, 0.15) is 6.54 Å². The summed E-state index contributed by atoms with van der Waals surface area (Å²) in [5, 5.41) is 3.98. The zero-order valence-corrected chi connectivity index (χ0v) is 12.5. The molecule has 0 spiro atoms. The highest BCUT2D eigenvalue weighted by molar-refractivity contribution is 5.77. The number of halogens is 3. The Morgan fingerprint density at radius 1 is 1.55 bits per heavy atom. The Balaban J connectivity index is 1.98. The van der Waals surface area contributed by atoms with Crippen molar-refractivity contribution in [2.45, 2.75) is 37.9 Å². The second-order valence-corrected chi connectivity index (χ2v) is 5.53. The molecule has 22 heavy (non-hydrogen) atoms. The van der Waals surface area contributed by atoms with Gasteiger partial charge in [0, 0.05) is 26.3 Å². The zero-order chi connectivity index (χ0) is 16.2. The van der Waals surface area contributed by atoms with E-state index >= 15 is 0 Å². The van der Waals surface area contributed by atoms with Crippen molar-refractivity contribution < 1.29 is 22.7 Å². The van der Waals surface area contributed by atoms with Gasteiger partial charge in [-0.05, 0) is 24.8 Å². The van der Waals surface area contributed by atoms with Gasteiger partial charge in [0.05, 0.1) is 18.8 Å². The zero-order valence-electron chi connectivity index (χ0n) is 12.5. The Morgan fingerprint density at radius 2 is 2.32 bits per heavy atom. The molecule has 0 saturated carbocycles. The van der Waals surface area contributed by atoms with E-state index in [0.29, 0.717) is 25.9 Å². The highest BCUT2D eigenvalue weighted by Gasteiger charge is 2.36. The minimum absolute atomic E-state index is 0.0400. The fourth-order valence-corrected chi connectivity index (χ4v) is 2.58. The lowest BCUT2D eigenvalue weighted by Crippen LogP contribution is -2.49. The molecule has 0 aromatic carbocycles. The maximum Gasteiger partial charge on any atom is 0.406 e. The van der Waals surface area contributed by atoms with E-state index in [1.54, 1.807) is 24.1 Å². The Bertz CT molecular complexity index is 496. The second kappa shape index (κ2) is 7.13. The third-order valence-electron chi connectivity index (χ3n) is 3.63. The van der Waals surface area contributed by atoms with Crippen molar-refractivity contribution in [3.8, 4) is 0 Å². The van der Waals surface area contributed by atoms with Crippen LogP contribution in [0.2, 0.25) is 0 Å². The Kier molecular flexibility index (Phi) is 5.44. The molecular weight excluding hydrogens is 299 g/mol. The van der Waals surface area contributed by atoms with E-state index in [4.69, 9.17) is 4.74 Å². The van der Waals surface area contributed by atoms with Gasteiger partial charge in [-0.1, -0.05) is 0 Å². The molecule has 124 valence electrons. The van der Waals surface area contributed by atoms with E-state index in [0.717, 1.165) is 10.5 Å². The van der Waals surface area contributed by atoms with E-state index in [1.807, 2.05) is 0 Å². The van der Waals surface area contributed by atoms with Crippen LogP contribution < -0.4 is 0 Å². The number of hydrogen-bond donors (Lipinski definition) is 0. The van der Waals surface area contributed by atoms with Crippen LogP contribution in [0.5, 0.6) is 0 Å². The molecule has 2 heterocycles. The van der Waals surface area contributed by atoms with Gasteiger partial charge in [-0.15, -0.1) is 0 Å². The van der Waals surface area contributed by atoms with Crippen LogP contribution in [-0.4, -0.2) is 52.6 Å². The molecule has 1 fully saturated rings. The van der Waals surface area contributed by atoms with Gasteiger partial charge >= 0.3 is 6.18 Å². The molecular formula is C14H20F3N3O2. The van der Waals surface area contributed by atoms with Crippen molar-refractivity contribution in [1.29, 1.82) is 0 Å². The second-order valence-electron chi connectivity index (χ2n) is 5.53. The van der Waals surface area contributed by atoms with Crippen LogP contribution in [0.4, 0.5) is 13.2 Å². The van der Waals surface area contributed by atoms with Gasteiger partial charge in [0.25, 0.3) is 0 Å². The molecule has 1 amide bonds. The number of aromatic nitrogens is 2. The quantitative estimate of drug-likeness (QED) is 0.833. The van der Waals surface area contributed by atoms with Gasteiger partial charge in [-0.3, -0.25) is 9.48 Å². The predicted molar refractivity (Wildman–Crippen MR) is 73.1 cm³/mol. The van der Waals surface area contributed by atoms with Crippen LogP contribution in [0.3, 0.4) is 0 Å². The molecule has 1 saturated heterocycles. The highest BCUT2D eigenvalue weighted by atomic mass is 19.4. The molecule has 0 aliphatic carbocycles. The number of nitrogens with zero attached hydrogens (tertiary/aromatic N) is 3. The Morgan fingerprint density at radius 3 is 2.86 bits per heavy atom. The summed E-state index contributed by atoms with van der Waals surface area (Å²) in [7, 11) is 1.75. The molecule has 1 aromatic rings. The summed E-state index contributed by atoms with van der Waals surface area (Å²) in [4.78, 5) is 13.2. The van der Waals surface area contributed by atoms with Crippen LogP contribution in [0, 0.1) is 0 Å². The minimum atomic E-state index is -4.40. The lowest BCUT2D eigenvalue weighted by Gasteiger charge is -2.34. The van der Waals surface area contributed by atoms with Gasteiger partial charge in [0.2, 0.25) is 5.91 Å². The first-order valence-corrected chi connectivity index (χ1v) is 7.26. The van der Waals surface area contributed by atoms with Gasteiger partial charge < -0.3 is 9.64 Å². The number of alkyl halides is 3. The molecule has 0 bridgehead atoms. The third-order valence-corrected chi connectivity index (χ3v) is 3.63. The number of hydrogen-bond acceptors (Lipinski definition) is 3. The SMILES string of the molecule is Cn1cc(CCC(=O)N(CC(F)(F)F)[C@H]2CCCOC2)cn1. The van der Waals surface area contributed by atoms with E-state index in [-0.39, 0.29) is 13.0 Å². The third kappa shape index (κ3) is 5.01. The maximum atomic E-state index is 12.7.